The molecule has 2 heterocycles. The van der Waals surface area contributed by atoms with Crippen molar-refractivity contribution in [1.82, 2.24) is 24.5 Å². The van der Waals surface area contributed by atoms with E-state index in [2.05, 4.69) is 41.3 Å². The van der Waals surface area contributed by atoms with Gasteiger partial charge >= 0.3 is 0 Å². The largest absolute Gasteiger partial charge is 0.325 e. The van der Waals surface area contributed by atoms with Crippen LogP contribution in [0.5, 0.6) is 0 Å². The highest BCUT2D eigenvalue weighted by Crippen LogP contribution is 2.18. The first-order chi connectivity index (χ1) is 16.3. The Balaban J connectivity index is 1.35. The molecule has 4 aromatic rings. The van der Waals surface area contributed by atoms with Crippen LogP contribution in [0.2, 0.25) is 0 Å². The van der Waals surface area contributed by atoms with Crippen LogP contribution in [0.1, 0.15) is 11.4 Å². The number of rotatable bonds is 9. The second kappa shape index (κ2) is 10.6. The average Bonchev–Trinajstić information content (AvgIpc) is 3.22. The Morgan fingerprint density at radius 1 is 1.03 bits per heavy atom. The van der Waals surface area contributed by atoms with Gasteiger partial charge < -0.3 is 5.32 Å². The number of thioether (sulfide) groups is 1. The number of anilines is 1. The number of nitrogens with one attached hydrogen (secondary N) is 2. The number of benzene rings is 2. The fourth-order valence-electron chi connectivity index (χ4n) is 3.02. The highest BCUT2D eigenvalue weighted by Gasteiger charge is 2.15. The van der Waals surface area contributed by atoms with Crippen molar-refractivity contribution in [2.75, 3.05) is 17.6 Å². The fraction of sp³-hybridized carbons (Fsp3) is 0.182. The highest BCUT2D eigenvalue weighted by molar-refractivity contribution is 9.10. The van der Waals surface area contributed by atoms with Gasteiger partial charge in [0.15, 0.2) is 11.5 Å². The number of halogens is 1. The number of hydrogen-bond donors (Lipinski definition) is 2. The van der Waals surface area contributed by atoms with E-state index in [1.54, 1.807) is 40.9 Å². The summed E-state index contributed by atoms with van der Waals surface area (Å²) in [5, 5.41) is 16.2. The van der Waals surface area contributed by atoms with E-state index in [0.29, 0.717) is 28.6 Å². The fourth-order valence-corrected chi connectivity index (χ4v) is 4.97. The van der Waals surface area contributed by atoms with Gasteiger partial charge in [0, 0.05) is 23.1 Å². The summed E-state index contributed by atoms with van der Waals surface area (Å²) in [5.41, 5.74) is 2.24. The Morgan fingerprint density at radius 2 is 1.76 bits per heavy atom. The lowest BCUT2D eigenvalue weighted by Gasteiger charge is -2.07. The molecule has 0 fully saturated rings. The summed E-state index contributed by atoms with van der Waals surface area (Å²) in [6.45, 7) is 2.04. The maximum absolute atomic E-state index is 12.5. The second-order valence-corrected chi connectivity index (χ2v) is 11.0. The molecule has 2 aromatic carbocycles. The number of aromatic nitrogens is 4. The number of sulfonamides is 1. The molecule has 34 heavy (non-hydrogen) atoms. The van der Waals surface area contributed by atoms with Crippen molar-refractivity contribution in [1.29, 1.82) is 0 Å². The SMILES string of the molecule is Cc1ccc(S(=O)(=O)NCCc2nnc3ccc(SCC(=O)Nc4ccc(Br)cc4)nn23)cc1. The lowest BCUT2D eigenvalue weighted by Crippen LogP contribution is -2.26. The van der Waals surface area contributed by atoms with Crippen molar-refractivity contribution < 1.29 is 13.2 Å². The molecule has 1 amide bonds. The summed E-state index contributed by atoms with van der Waals surface area (Å²) in [6, 6.07) is 17.5. The Morgan fingerprint density at radius 3 is 2.50 bits per heavy atom. The summed E-state index contributed by atoms with van der Waals surface area (Å²) in [5.74, 6) is 0.551. The van der Waals surface area contributed by atoms with E-state index in [-0.39, 0.29) is 23.1 Å². The van der Waals surface area contributed by atoms with Crippen LogP contribution < -0.4 is 10.0 Å². The van der Waals surface area contributed by atoms with Crippen molar-refractivity contribution >= 4 is 55.0 Å². The summed E-state index contributed by atoms with van der Waals surface area (Å²) in [7, 11) is -3.62. The molecule has 0 radical (unpaired) electrons. The minimum Gasteiger partial charge on any atom is -0.325 e. The maximum atomic E-state index is 12.5. The maximum Gasteiger partial charge on any atom is 0.240 e. The molecular weight excluding hydrogens is 540 g/mol. The van der Waals surface area contributed by atoms with E-state index in [1.807, 2.05) is 31.2 Å². The van der Waals surface area contributed by atoms with Crippen LogP contribution in [-0.2, 0) is 21.2 Å². The van der Waals surface area contributed by atoms with E-state index < -0.39 is 10.0 Å². The van der Waals surface area contributed by atoms with Gasteiger partial charge in [-0.15, -0.1) is 10.2 Å². The zero-order chi connectivity index (χ0) is 24.1. The van der Waals surface area contributed by atoms with E-state index in [9.17, 15) is 13.2 Å². The summed E-state index contributed by atoms with van der Waals surface area (Å²) < 4.78 is 30.0. The van der Waals surface area contributed by atoms with E-state index >= 15 is 0 Å². The van der Waals surface area contributed by atoms with Crippen LogP contribution in [0.3, 0.4) is 0 Å². The predicted molar refractivity (Wildman–Crippen MR) is 134 cm³/mol. The zero-order valence-corrected chi connectivity index (χ0v) is 21.3. The molecule has 0 saturated carbocycles. The second-order valence-electron chi connectivity index (χ2n) is 7.36. The van der Waals surface area contributed by atoms with Crippen LogP contribution in [0.4, 0.5) is 5.69 Å². The molecule has 12 heteroatoms. The lowest BCUT2D eigenvalue weighted by molar-refractivity contribution is -0.113. The molecular formula is C22H21BrN6O3S2. The number of amides is 1. The first kappa shape index (κ1) is 24.3. The van der Waals surface area contributed by atoms with Crippen LogP contribution in [0, 0.1) is 6.92 Å². The number of aryl methyl sites for hydroxylation is 1. The molecule has 0 aliphatic carbocycles. The Kier molecular flexibility index (Phi) is 7.61. The summed E-state index contributed by atoms with van der Waals surface area (Å²) >= 11 is 4.65. The molecule has 176 valence electrons. The molecule has 0 unspecified atom stereocenters. The molecule has 0 saturated heterocycles. The smallest absolute Gasteiger partial charge is 0.240 e. The van der Waals surface area contributed by atoms with Gasteiger partial charge in [-0.2, -0.15) is 9.61 Å². The van der Waals surface area contributed by atoms with Gasteiger partial charge in [-0.3, -0.25) is 4.79 Å². The molecule has 0 atom stereocenters. The topological polar surface area (TPSA) is 118 Å². The van der Waals surface area contributed by atoms with E-state index in [1.165, 1.54) is 11.8 Å². The minimum atomic E-state index is -3.62. The van der Waals surface area contributed by atoms with Crippen LogP contribution in [-0.4, -0.2) is 46.4 Å². The van der Waals surface area contributed by atoms with Gasteiger partial charge in [0.05, 0.1) is 10.6 Å². The predicted octanol–water partition coefficient (Wildman–Crippen LogP) is 3.45. The van der Waals surface area contributed by atoms with Gasteiger partial charge in [0.1, 0.15) is 5.03 Å². The normalized spacial score (nSPS) is 11.6. The molecule has 2 aromatic heterocycles. The monoisotopic (exact) mass is 560 g/mol. The van der Waals surface area contributed by atoms with Crippen molar-refractivity contribution in [3.63, 3.8) is 0 Å². The van der Waals surface area contributed by atoms with Gasteiger partial charge in [-0.25, -0.2) is 13.1 Å². The molecule has 0 spiro atoms. The average molecular weight is 561 g/mol. The number of fused-ring (bicyclic) bond motifs is 1. The van der Waals surface area contributed by atoms with Gasteiger partial charge in [0.25, 0.3) is 0 Å². The first-order valence-corrected chi connectivity index (χ1v) is 13.5. The van der Waals surface area contributed by atoms with Crippen LogP contribution in [0.25, 0.3) is 5.65 Å². The number of carbonyl (C=O) groups is 1. The minimum absolute atomic E-state index is 0.144. The molecule has 4 rings (SSSR count). The molecule has 2 N–H and O–H groups in total. The van der Waals surface area contributed by atoms with E-state index in [0.717, 1.165) is 10.0 Å². The zero-order valence-electron chi connectivity index (χ0n) is 18.1. The van der Waals surface area contributed by atoms with Crippen molar-refractivity contribution in [2.24, 2.45) is 0 Å². The molecule has 9 nitrogen and oxygen atoms in total. The lowest BCUT2D eigenvalue weighted by atomic mass is 10.2. The quantitative estimate of drug-likeness (QED) is 0.301. The molecule has 0 bridgehead atoms. The Bertz CT molecular complexity index is 1410. The first-order valence-electron chi connectivity index (χ1n) is 10.3. The highest BCUT2D eigenvalue weighted by atomic mass is 79.9. The van der Waals surface area contributed by atoms with Gasteiger partial charge in [0.2, 0.25) is 15.9 Å². The van der Waals surface area contributed by atoms with Gasteiger partial charge in [-0.05, 0) is 55.5 Å². The Labute approximate surface area is 209 Å². The Hall–Kier alpha value is -2.80. The third kappa shape index (κ3) is 6.20. The van der Waals surface area contributed by atoms with Crippen molar-refractivity contribution in [3.8, 4) is 0 Å². The summed E-state index contributed by atoms with van der Waals surface area (Å²) in [6.07, 6.45) is 0.303. The number of nitrogens with zero attached hydrogens (tertiary/aromatic N) is 4. The van der Waals surface area contributed by atoms with E-state index in [4.69, 9.17) is 0 Å². The standard InChI is InChI=1S/C22H21BrN6O3S2/c1-15-2-8-18(9-3-15)34(31,32)24-13-12-20-27-26-19-10-11-22(28-29(19)20)33-14-21(30)25-17-6-4-16(23)5-7-17/h2-11,24H,12-14H2,1H3,(H,25,30). The summed E-state index contributed by atoms with van der Waals surface area (Å²) in [4.78, 5) is 12.5. The van der Waals surface area contributed by atoms with Gasteiger partial charge in [-0.1, -0.05) is 45.4 Å². The third-order valence-electron chi connectivity index (χ3n) is 4.75. The number of carbonyl (C=O) groups excluding carboxylic acids is 1. The van der Waals surface area contributed by atoms with Crippen molar-refractivity contribution in [3.05, 3.63) is 76.5 Å². The molecule has 0 aliphatic rings. The molecule has 0 aliphatic heterocycles. The van der Waals surface area contributed by atoms with Crippen molar-refractivity contribution in [2.45, 2.75) is 23.3 Å². The number of hydrogen-bond acceptors (Lipinski definition) is 7. The van der Waals surface area contributed by atoms with Crippen LogP contribution in [0.15, 0.2) is 75.1 Å². The third-order valence-corrected chi connectivity index (χ3v) is 7.68. The van der Waals surface area contributed by atoms with Crippen LogP contribution >= 0.6 is 27.7 Å².